The lowest BCUT2D eigenvalue weighted by molar-refractivity contribution is -0.115. The van der Waals surface area contributed by atoms with Gasteiger partial charge < -0.3 is 30.5 Å². The second-order valence-electron chi connectivity index (χ2n) is 10.3. The Hall–Kier alpha value is -5.45. The highest BCUT2D eigenvalue weighted by atomic mass is 19.1. The van der Waals surface area contributed by atoms with Crippen molar-refractivity contribution in [1.82, 2.24) is 10.3 Å². The highest BCUT2D eigenvalue weighted by Crippen LogP contribution is 2.27. The van der Waals surface area contributed by atoms with Gasteiger partial charge in [-0.1, -0.05) is 30.3 Å². The van der Waals surface area contributed by atoms with Crippen LogP contribution in [0.2, 0.25) is 0 Å². The number of carboxylic acid groups (broad SMARTS) is 1. The number of anilines is 2. The third-order valence-corrected chi connectivity index (χ3v) is 7.07. The number of nitrogens with zero attached hydrogens (tertiary/aromatic N) is 1. The smallest absolute Gasteiger partial charge is 0.337 e. The highest BCUT2D eigenvalue weighted by Gasteiger charge is 2.24. The van der Waals surface area contributed by atoms with Gasteiger partial charge in [-0.3, -0.25) is 4.79 Å². The number of aromatic nitrogens is 1. The zero-order valence-corrected chi connectivity index (χ0v) is 23.7. The van der Waals surface area contributed by atoms with Crippen LogP contribution in [-0.4, -0.2) is 40.1 Å². The third kappa shape index (κ3) is 8.31. The van der Waals surface area contributed by atoms with Crippen LogP contribution in [-0.2, 0) is 11.2 Å². The first-order valence-corrected chi connectivity index (χ1v) is 14.2. The molecule has 0 radical (unpaired) electrons. The van der Waals surface area contributed by atoms with E-state index >= 15 is 0 Å². The van der Waals surface area contributed by atoms with Crippen LogP contribution in [0.15, 0.2) is 91.1 Å². The number of carbonyl (C=O) groups is 3. The molecule has 11 heteroatoms. The van der Waals surface area contributed by atoms with Crippen molar-refractivity contribution in [3.63, 3.8) is 0 Å². The number of halogens is 1. The number of ether oxygens (including phenoxy) is 2. The fourth-order valence-corrected chi connectivity index (χ4v) is 4.87. The third-order valence-electron chi connectivity index (χ3n) is 7.07. The summed E-state index contributed by atoms with van der Waals surface area (Å²) in [6, 6.07) is 22.4. The first-order chi connectivity index (χ1) is 21.3. The molecule has 0 aliphatic heterocycles. The molecular weight excluding hydrogens is 567 g/mol. The molecule has 3 aromatic carbocycles. The molecule has 1 aromatic heterocycles. The van der Waals surface area contributed by atoms with E-state index in [4.69, 9.17) is 9.47 Å². The van der Waals surface area contributed by atoms with Gasteiger partial charge in [-0.25, -0.2) is 19.0 Å². The van der Waals surface area contributed by atoms with Crippen LogP contribution in [0.4, 0.5) is 20.6 Å². The van der Waals surface area contributed by atoms with Gasteiger partial charge in [0.2, 0.25) is 11.8 Å². The number of para-hydroxylation sites is 2. The molecule has 226 valence electrons. The Labute approximate surface area is 253 Å². The normalized spacial score (nSPS) is 15.9. The van der Waals surface area contributed by atoms with Gasteiger partial charge in [0.25, 0.3) is 0 Å². The topological polar surface area (TPSA) is 139 Å². The highest BCUT2D eigenvalue weighted by molar-refractivity contribution is 6.01. The molecule has 0 saturated heterocycles. The van der Waals surface area contributed by atoms with Crippen LogP contribution < -0.4 is 25.4 Å². The van der Waals surface area contributed by atoms with Crippen molar-refractivity contribution in [3.05, 3.63) is 108 Å². The van der Waals surface area contributed by atoms with Crippen molar-refractivity contribution in [1.29, 1.82) is 0 Å². The Bertz CT molecular complexity index is 1610. The zero-order valence-electron chi connectivity index (χ0n) is 23.7. The van der Waals surface area contributed by atoms with Gasteiger partial charge in [0.1, 0.15) is 17.3 Å². The quantitative estimate of drug-likeness (QED) is 0.166. The van der Waals surface area contributed by atoms with E-state index in [2.05, 4.69) is 20.9 Å². The van der Waals surface area contributed by atoms with E-state index in [0.29, 0.717) is 22.9 Å². The molecule has 4 N–H and O–H groups in total. The number of carboxylic acids is 1. The minimum absolute atomic E-state index is 0.0125. The summed E-state index contributed by atoms with van der Waals surface area (Å²) in [5.41, 5.74) is 1.04. The molecule has 1 aliphatic carbocycles. The van der Waals surface area contributed by atoms with Crippen molar-refractivity contribution in [3.8, 4) is 17.4 Å². The largest absolute Gasteiger partial charge is 0.490 e. The lowest BCUT2D eigenvalue weighted by Crippen LogP contribution is -2.41. The van der Waals surface area contributed by atoms with E-state index in [-0.39, 0.29) is 41.4 Å². The molecule has 10 nitrogen and oxygen atoms in total. The maximum absolute atomic E-state index is 13.8. The Kier molecular flexibility index (Phi) is 9.65. The second kappa shape index (κ2) is 14.1. The summed E-state index contributed by atoms with van der Waals surface area (Å²) in [5, 5.41) is 17.4. The van der Waals surface area contributed by atoms with Crippen molar-refractivity contribution in [2.45, 2.75) is 44.2 Å². The summed E-state index contributed by atoms with van der Waals surface area (Å²) in [6.45, 7) is 0. The number of urea groups is 1. The first-order valence-electron chi connectivity index (χ1n) is 14.2. The molecule has 1 fully saturated rings. The summed E-state index contributed by atoms with van der Waals surface area (Å²) < 4.78 is 25.7. The van der Waals surface area contributed by atoms with Gasteiger partial charge in [0, 0.05) is 18.3 Å². The lowest BCUT2D eigenvalue weighted by Gasteiger charge is -2.29. The van der Waals surface area contributed by atoms with Gasteiger partial charge in [-0.05, 0) is 79.8 Å². The molecule has 1 heterocycles. The summed E-state index contributed by atoms with van der Waals surface area (Å²) in [7, 11) is 0. The van der Waals surface area contributed by atoms with Crippen molar-refractivity contribution in [2.24, 2.45) is 0 Å². The Morgan fingerprint density at radius 1 is 0.818 bits per heavy atom. The summed E-state index contributed by atoms with van der Waals surface area (Å²) in [4.78, 5) is 40.3. The van der Waals surface area contributed by atoms with Gasteiger partial charge >= 0.3 is 12.0 Å². The first kappa shape index (κ1) is 30.0. The monoisotopic (exact) mass is 598 g/mol. The molecule has 1 aliphatic rings. The van der Waals surface area contributed by atoms with Gasteiger partial charge in [-0.15, -0.1) is 0 Å². The Balaban J connectivity index is 1.04. The van der Waals surface area contributed by atoms with E-state index in [1.807, 2.05) is 12.1 Å². The minimum atomic E-state index is -1.12. The average Bonchev–Trinajstić information content (AvgIpc) is 3.01. The average molecular weight is 599 g/mol. The molecule has 0 unspecified atom stereocenters. The molecule has 3 amide bonds. The summed E-state index contributed by atoms with van der Waals surface area (Å²) in [5.74, 6) is -0.347. The summed E-state index contributed by atoms with van der Waals surface area (Å²) in [6.07, 6.45) is 4.59. The van der Waals surface area contributed by atoms with Crippen molar-refractivity contribution < 1.29 is 33.4 Å². The molecule has 0 bridgehead atoms. The molecular formula is C33H31FN4O6. The Morgan fingerprint density at radius 2 is 1.50 bits per heavy atom. The maximum Gasteiger partial charge on any atom is 0.337 e. The van der Waals surface area contributed by atoms with Crippen LogP contribution >= 0.6 is 0 Å². The molecule has 0 atom stereocenters. The fraction of sp³-hybridized carbons (Fsp3) is 0.212. The van der Waals surface area contributed by atoms with Crippen molar-refractivity contribution in [2.75, 3.05) is 10.6 Å². The predicted octanol–water partition coefficient (Wildman–Crippen LogP) is 6.40. The SMILES string of the molecule is O=C(Cc1ccc(Oc2ccc(OC3CCC(NC(=O)Nc4ccccc4F)CC3)cc2)nc1)Nc1ccccc1C(=O)O. The van der Waals surface area contributed by atoms with E-state index < -0.39 is 17.8 Å². The molecule has 4 aromatic rings. The van der Waals surface area contributed by atoms with Gasteiger partial charge in [-0.2, -0.15) is 0 Å². The predicted molar refractivity (Wildman–Crippen MR) is 162 cm³/mol. The number of pyridine rings is 1. The van der Waals surface area contributed by atoms with E-state index in [0.717, 1.165) is 25.7 Å². The van der Waals surface area contributed by atoms with E-state index in [9.17, 15) is 23.9 Å². The number of nitrogens with one attached hydrogen (secondary N) is 3. The van der Waals surface area contributed by atoms with Gasteiger partial charge in [0.15, 0.2) is 0 Å². The fourth-order valence-electron chi connectivity index (χ4n) is 4.87. The number of hydrogen-bond acceptors (Lipinski definition) is 6. The number of hydrogen-bond donors (Lipinski definition) is 4. The van der Waals surface area contributed by atoms with Crippen LogP contribution in [0, 0.1) is 5.82 Å². The maximum atomic E-state index is 13.8. The number of rotatable bonds is 10. The molecule has 5 rings (SSSR count). The second-order valence-corrected chi connectivity index (χ2v) is 10.3. The van der Waals surface area contributed by atoms with Crippen LogP contribution in [0.25, 0.3) is 0 Å². The number of carbonyl (C=O) groups excluding carboxylic acids is 2. The van der Waals surface area contributed by atoms with Crippen LogP contribution in [0.5, 0.6) is 17.4 Å². The van der Waals surface area contributed by atoms with Gasteiger partial charge in [0.05, 0.1) is 29.5 Å². The number of aromatic carboxylic acids is 1. The zero-order chi connectivity index (χ0) is 30.9. The standard InChI is InChI=1S/C33H31FN4O6/c34-27-6-2-4-8-29(27)38-33(42)36-22-10-12-23(13-11-22)43-24-14-16-25(17-15-24)44-31-18-9-21(20-35-31)19-30(39)37-28-7-3-1-5-26(28)32(40)41/h1-9,14-18,20,22-23H,10-13,19H2,(H,37,39)(H,40,41)(H2,36,38,42). The molecule has 1 saturated carbocycles. The van der Waals surface area contributed by atoms with Crippen LogP contribution in [0.3, 0.4) is 0 Å². The Morgan fingerprint density at radius 3 is 2.18 bits per heavy atom. The number of amides is 3. The van der Waals surface area contributed by atoms with E-state index in [1.165, 1.54) is 30.5 Å². The van der Waals surface area contributed by atoms with E-state index in [1.54, 1.807) is 48.5 Å². The summed E-state index contributed by atoms with van der Waals surface area (Å²) >= 11 is 0. The van der Waals surface area contributed by atoms with Crippen molar-refractivity contribution >= 4 is 29.3 Å². The number of benzene rings is 3. The molecule has 0 spiro atoms. The van der Waals surface area contributed by atoms with Crippen LogP contribution in [0.1, 0.15) is 41.6 Å². The minimum Gasteiger partial charge on any atom is -0.490 e. The lowest BCUT2D eigenvalue weighted by atomic mass is 9.93. The molecule has 44 heavy (non-hydrogen) atoms.